The fourth-order valence-corrected chi connectivity index (χ4v) is 1.64. The summed E-state index contributed by atoms with van der Waals surface area (Å²) in [5.74, 6) is 0.190. The third-order valence-corrected chi connectivity index (χ3v) is 2.52. The molecule has 20 heavy (non-hydrogen) atoms. The van der Waals surface area contributed by atoms with Crippen LogP contribution in [-0.2, 0) is 6.18 Å². The molecule has 0 saturated heterocycles. The Labute approximate surface area is 112 Å². The second-order valence-electron chi connectivity index (χ2n) is 3.81. The molecule has 2 aromatic rings. The highest BCUT2D eigenvalue weighted by molar-refractivity contribution is 5.70. The molecular formula is C12H11F3N4O. The zero-order valence-corrected chi connectivity index (χ0v) is 10.4. The fraction of sp³-hybridized carbons (Fsp3) is 0.167. The molecule has 0 atom stereocenters. The van der Waals surface area contributed by atoms with Crippen LogP contribution in [0.3, 0.4) is 0 Å². The molecule has 0 aliphatic rings. The molecule has 106 valence electrons. The maximum absolute atomic E-state index is 12.9. The number of alkyl halides is 3. The lowest BCUT2D eigenvalue weighted by Crippen LogP contribution is -2.10. The minimum atomic E-state index is -4.48. The number of nitrogens with two attached hydrogens (primary N) is 1. The van der Waals surface area contributed by atoms with Gasteiger partial charge in [-0.25, -0.2) is 9.97 Å². The van der Waals surface area contributed by atoms with Crippen LogP contribution in [0.5, 0.6) is 5.75 Å². The molecule has 0 bridgehead atoms. The van der Waals surface area contributed by atoms with E-state index in [2.05, 4.69) is 15.3 Å². The van der Waals surface area contributed by atoms with Crippen LogP contribution in [0.2, 0.25) is 0 Å². The fourth-order valence-electron chi connectivity index (χ4n) is 1.64. The molecule has 1 aromatic heterocycles. The van der Waals surface area contributed by atoms with E-state index in [1.165, 1.54) is 25.3 Å². The first-order valence-corrected chi connectivity index (χ1v) is 5.51. The van der Waals surface area contributed by atoms with Gasteiger partial charge < -0.3 is 15.8 Å². The minimum Gasteiger partial charge on any atom is -0.490 e. The van der Waals surface area contributed by atoms with Crippen molar-refractivity contribution in [1.29, 1.82) is 0 Å². The first-order valence-electron chi connectivity index (χ1n) is 5.51. The molecule has 0 aliphatic carbocycles. The largest absolute Gasteiger partial charge is 0.490 e. The van der Waals surface area contributed by atoms with Gasteiger partial charge >= 0.3 is 6.18 Å². The second kappa shape index (κ2) is 5.24. The van der Waals surface area contributed by atoms with E-state index in [-0.39, 0.29) is 23.1 Å². The molecule has 5 nitrogen and oxygen atoms in total. The lowest BCUT2D eigenvalue weighted by Gasteiger charge is -2.15. The predicted octanol–water partition coefficient (Wildman–Crippen LogP) is 2.83. The maximum Gasteiger partial charge on any atom is 0.418 e. The zero-order valence-electron chi connectivity index (χ0n) is 10.4. The van der Waals surface area contributed by atoms with Gasteiger partial charge in [-0.05, 0) is 12.1 Å². The Morgan fingerprint density at radius 3 is 2.55 bits per heavy atom. The van der Waals surface area contributed by atoms with Crippen molar-refractivity contribution in [3.8, 4) is 5.75 Å². The highest BCUT2D eigenvalue weighted by Crippen LogP contribution is 2.37. The minimum absolute atomic E-state index is 0.0366. The van der Waals surface area contributed by atoms with E-state index in [1.807, 2.05) is 0 Å². The number of ether oxygens (including phenoxy) is 1. The summed E-state index contributed by atoms with van der Waals surface area (Å²) in [7, 11) is 1.33. The van der Waals surface area contributed by atoms with Gasteiger partial charge in [-0.15, -0.1) is 0 Å². The molecule has 0 radical (unpaired) electrons. The number of anilines is 3. The van der Waals surface area contributed by atoms with Gasteiger partial charge in [0.1, 0.15) is 6.33 Å². The van der Waals surface area contributed by atoms with Crippen LogP contribution in [0.25, 0.3) is 0 Å². The van der Waals surface area contributed by atoms with E-state index in [4.69, 9.17) is 10.5 Å². The van der Waals surface area contributed by atoms with Crippen LogP contribution < -0.4 is 15.8 Å². The number of benzene rings is 1. The third kappa shape index (κ3) is 2.73. The summed E-state index contributed by atoms with van der Waals surface area (Å²) < 4.78 is 43.6. The number of nitrogens with one attached hydrogen (secondary N) is 1. The molecule has 0 saturated carbocycles. The molecule has 3 N–H and O–H groups in total. The van der Waals surface area contributed by atoms with Crippen molar-refractivity contribution >= 4 is 17.3 Å². The average molecular weight is 284 g/mol. The number of nitrogen functional groups attached to an aromatic ring is 1. The highest BCUT2D eigenvalue weighted by Gasteiger charge is 2.33. The SMILES string of the molecule is COc1c(N)ncnc1Nc1ccccc1C(F)(F)F. The Kier molecular flexibility index (Phi) is 3.64. The molecule has 1 aromatic carbocycles. The number of hydrogen-bond acceptors (Lipinski definition) is 5. The molecular weight excluding hydrogens is 273 g/mol. The smallest absolute Gasteiger partial charge is 0.418 e. The van der Waals surface area contributed by atoms with Crippen molar-refractivity contribution in [3.05, 3.63) is 36.2 Å². The zero-order chi connectivity index (χ0) is 14.8. The van der Waals surface area contributed by atoms with Gasteiger partial charge in [-0.3, -0.25) is 0 Å². The number of methoxy groups -OCH3 is 1. The van der Waals surface area contributed by atoms with Crippen LogP contribution in [0.1, 0.15) is 5.56 Å². The molecule has 1 heterocycles. The Hall–Kier alpha value is -2.51. The Morgan fingerprint density at radius 2 is 1.90 bits per heavy atom. The molecule has 0 amide bonds. The van der Waals surface area contributed by atoms with Gasteiger partial charge in [-0.2, -0.15) is 13.2 Å². The van der Waals surface area contributed by atoms with Crippen molar-refractivity contribution < 1.29 is 17.9 Å². The van der Waals surface area contributed by atoms with Gasteiger partial charge in [0.2, 0.25) is 5.75 Å². The van der Waals surface area contributed by atoms with E-state index in [1.54, 1.807) is 0 Å². The van der Waals surface area contributed by atoms with E-state index < -0.39 is 11.7 Å². The van der Waals surface area contributed by atoms with Crippen LogP contribution in [0, 0.1) is 0 Å². The highest BCUT2D eigenvalue weighted by atomic mass is 19.4. The van der Waals surface area contributed by atoms with E-state index in [0.717, 1.165) is 12.4 Å². The Bertz CT molecular complexity index is 616. The van der Waals surface area contributed by atoms with E-state index >= 15 is 0 Å². The monoisotopic (exact) mass is 284 g/mol. The summed E-state index contributed by atoms with van der Waals surface area (Å²) in [6.07, 6.45) is -3.34. The quantitative estimate of drug-likeness (QED) is 0.906. The summed E-state index contributed by atoms with van der Waals surface area (Å²) in [4.78, 5) is 7.54. The van der Waals surface area contributed by atoms with Gasteiger partial charge in [-0.1, -0.05) is 12.1 Å². The van der Waals surface area contributed by atoms with Crippen LogP contribution >= 0.6 is 0 Å². The first kappa shape index (κ1) is 13.9. The predicted molar refractivity (Wildman–Crippen MR) is 67.7 cm³/mol. The standard InChI is InChI=1S/C12H11F3N4O/c1-20-9-10(16)17-6-18-11(9)19-8-5-3-2-4-7(8)12(13,14)15/h2-6H,1H3,(H3,16,17,18,19). The molecule has 2 rings (SSSR count). The maximum atomic E-state index is 12.9. The number of para-hydroxylation sites is 1. The third-order valence-electron chi connectivity index (χ3n) is 2.52. The number of nitrogens with zero attached hydrogens (tertiary/aromatic N) is 2. The van der Waals surface area contributed by atoms with Gasteiger partial charge in [0.15, 0.2) is 11.6 Å². The molecule has 0 spiro atoms. The van der Waals surface area contributed by atoms with Crippen LogP contribution in [0.15, 0.2) is 30.6 Å². The molecule has 0 fully saturated rings. The second-order valence-corrected chi connectivity index (χ2v) is 3.81. The van der Waals surface area contributed by atoms with Crippen LogP contribution in [0.4, 0.5) is 30.5 Å². The Balaban J connectivity index is 2.44. The topological polar surface area (TPSA) is 73.1 Å². The average Bonchev–Trinajstić information content (AvgIpc) is 2.38. The van der Waals surface area contributed by atoms with Crippen molar-refractivity contribution in [3.63, 3.8) is 0 Å². The lowest BCUT2D eigenvalue weighted by atomic mass is 10.1. The van der Waals surface area contributed by atoms with E-state index in [0.29, 0.717) is 0 Å². The number of aromatic nitrogens is 2. The van der Waals surface area contributed by atoms with Crippen molar-refractivity contribution in [2.75, 3.05) is 18.2 Å². The summed E-state index contributed by atoms with van der Waals surface area (Å²) in [5.41, 5.74) is 4.62. The van der Waals surface area contributed by atoms with Crippen LogP contribution in [-0.4, -0.2) is 17.1 Å². The summed E-state index contributed by atoms with van der Waals surface area (Å²) >= 11 is 0. The normalized spacial score (nSPS) is 11.2. The van der Waals surface area contributed by atoms with Crippen molar-refractivity contribution in [2.24, 2.45) is 0 Å². The first-order chi connectivity index (χ1) is 9.43. The summed E-state index contributed by atoms with van der Waals surface area (Å²) in [6.45, 7) is 0. The lowest BCUT2D eigenvalue weighted by molar-refractivity contribution is -0.136. The number of rotatable bonds is 3. The molecule has 0 aliphatic heterocycles. The number of halogens is 3. The van der Waals surface area contributed by atoms with Gasteiger partial charge in [0.25, 0.3) is 0 Å². The number of hydrogen-bond donors (Lipinski definition) is 2. The van der Waals surface area contributed by atoms with E-state index in [9.17, 15) is 13.2 Å². The molecule has 8 heteroatoms. The van der Waals surface area contributed by atoms with Crippen molar-refractivity contribution in [1.82, 2.24) is 9.97 Å². The molecule has 0 unspecified atom stereocenters. The summed E-state index contributed by atoms with van der Waals surface area (Å²) in [5, 5.41) is 2.56. The summed E-state index contributed by atoms with van der Waals surface area (Å²) in [6, 6.07) is 5.05. The Morgan fingerprint density at radius 1 is 1.20 bits per heavy atom. The van der Waals surface area contributed by atoms with Crippen molar-refractivity contribution in [2.45, 2.75) is 6.18 Å². The van der Waals surface area contributed by atoms with Gasteiger partial charge in [0.05, 0.1) is 18.4 Å². The van der Waals surface area contributed by atoms with Gasteiger partial charge in [0, 0.05) is 0 Å².